The molecule has 4 rings (SSSR count). The van der Waals surface area contributed by atoms with E-state index in [0.29, 0.717) is 22.5 Å². The molecule has 0 fully saturated rings. The molecule has 0 aliphatic heterocycles. The fraction of sp³-hybridized carbons (Fsp3) is 0.316. The van der Waals surface area contributed by atoms with E-state index in [-0.39, 0.29) is 11.9 Å². The lowest BCUT2D eigenvalue weighted by Crippen LogP contribution is -2.32. The molecule has 2 aromatic heterocycles. The van der Waals surface area contributed by atoms with Crippen LogP contribution in [-0.4, -0.2) is 26.4 Å². The van der Waals surface area contributed by atoms with Crippen LogP contribution >= 0.6 is 11.8 Å². The molecule has 0 saturated carbocycles. The van der Waals surface area contributed by atoms with Crippen molar-refractivity contribution in [1.29, 1.82) is 0 Å². The van der Waals surface area contributed by atoms with Crippen molar-refractivity contribution < 1.29 is 9.21 Å². The molecule has 3 aromatic rings. The third-order valence-corrected chi connectivity index (χ3v) is 5.63. The molecule has 1 aromatic carbocycles. The third-order valence-electron chi connectivity index (χ3n) is 4.61. The number of benzene rings is 1. The van der Waals surface area contributed by atoms with Crippen molar-refractivity contribution >= 4 is 17.7 Å². The highest BCUT2D eigenvalue weighted by Gasteiger charge is 2.22. The van der Waals surface area contributed by atoms with Crippen molar-refractivity contribution in [3.63, 3.8) is 0 Å². The van der Waals surface area contributed by atoms with Crippen molar-refractivity contribution in [1.82, 2.24) is 20.1 Å². The van der Waals surface area contributed by atoms with Crippen molar-refractivity contribution in [3.05, 3.63) is 53.8 Å². The van der Waals surface area contributed by atoms with Crippen molar-refractivity contribution in [2.24, 2.45) is 7.05 Å². The van der Waals surface area contributed by atoms with Gasteiger partial charge in [-0.1, -0.05) is 36.0 Å². The number of hydrogen-bond donors (Lipinski definition) is 1. The zero-order valence-corrected chi connectivity index (χ0v) is 15.3. The molecule has 134 valence electrons. The highest BCUT2D eigenvalue weighted by molar-refractivity contribution is 7.99. The van der Waals surface area contributed by atoms with E-state index in [1.807, 2.05) is 29.8 Å². The van der Waals surface area contributed by atoms with Gasteiger partial charge in [0.05, 0.1) is 18.1 Å². The maximum Gasteiger partial charge on any atom is 0.230 e. The zero-order chi connectivity index (χ0) is 17.9. The molecule has 1 N–H and O–H groups in total. The normalized spacial score (nSPS) is 16.3. The van der Waals surface area contributed by atoms with Crippen LogP contribution in [0.3, 0.4) is 0 Å². The number of thioether (sulfide) groups is 1. The summed E-state index contributed by atoms with van der Waals surface area (Å²) in [5, 5.41) is 12.2. The Morgan fingerprint density at radius 1 is 1.31 bits per heavy atom. The summed E-state index contributed by atoms with van der Waals surface area (Å²) in [6, 6.07) is 12.1. The Balaban J connectivity index is 1.38. The predicted octanol–water partition coefficient (Wildman–Crippen LogP) is 3.36. The van der Waals surface area contributed by atoms with Crippen LogP contribution in [0.25, 0.3) is 11.6 Å². The molecule has 0 unspecified atom stereocenters. The highest BCUT2D eigenvalue weighted by Crippen LogP contribution is 2.29. The summed E-state index contributed by atoms with van der Waals surface area (Å²) in [5.74, 6) is 1.64. The molecule has 1 atom stereocenters. The van der Waals surface area contributed by atoms with Gasteiger partial charge in [0.2, 0.25) is 5.91 Å². The lowest BCUT2D eigenvalue weighted by Gasteiger charge is -2.26. The van der Waals surface area contributed by atoms with E-state index >= 15 is 0 Å². The quantitative estimate of drug-likeness (QED) is 0.699. The minimum Gasteiger partial charge on any atom is -0.461 e. The number of fused-ring (bicyclic) bond motifs is 1. The Morgan fingerprint density at radius 3 is 3.04 bits per heavy atom. The first-order valence-corrected chi connectivity index (χ1v) is 9.64. The van der Waals surface area contributed by atoms with E-state index in [1.165, 1.54) is 22.9 Å². The smallest absolute Gasteiger partial charge is 0.230 e. The van der Waals surface area contributed by atoms with Crippen molar-refractivity contribution in [2.45, 2.75) is 30.5 Å². The SMILES string of the molecule is Cn1c(SCC(=O)N[C@@H]2CCCc3ccccc32)nnc1-c1ccco1. The standard InChI is InChI=1S/C19H20N4O2S/c1-23-18(16-10-5-11-25-16)21-22-19(23)26-12-17(24)20-15-9-4-7-13-6-2-3-8-14(13)15/h2-3,5-6,8,10-11,15H,4,7,9,12H2,1H3,(H,20,24)/t15-/m1/s1. The number of nitrogens with one attached hydrogen (secondary N) is 1. The molecular weight excluding hydrogens is 348 g/mol. The number of aryl methyl sites for hydroxylation is 1. The van der Waals surface area contributed by atoms with Crippen LogP contribution in [0.2, 0.25) is 0 Å². The van der Waals surface area contributed by atoms with E-state index < -0.39 is 0 Å². The van der Waals surface area contributed by atoms with E-state index in [1.54, 1.807) is 6.26 Å². The summed E-state index contributed by atoms with van der Waals surface area (Å²) in [4.78, 5) is 12.4. The lowest BCUT2D eigenvalue weighted by atomic mass is 9.88. The van der Waals surface area contributed by atoms with E-state index in [2.05, 4.69) is 33.7 Å². The van der Waals surface area contributed by atoms with Gasteiger partial charge in [0.1, 0.15) is 0 Å². The molecule has 1 aliphatic rings. The molecule has 7 heteroatoms. The first-order chi connectivity index (χ1) is 12.7. The monoisotopic (exact) mass is 368 g/mol. The van der Waals surface area contributed by atoms with Gasteiger partial charge in [-0.3, -0.25) is 4.79 Å². The Morgan fingerprint density at radius 2 is 2.19 bits per heavy atom. The molecule has 0 radical (unpaired) electrons. The molecule has 6 nitrogen and oxygen atoms in total. The number of furan rings is 1. The number of aromatic nitrogens is 3. The summed E-state index contributed by atoms with van der Waals surface area (Å²) in [5.41, 5.74) is 2.59. The fourth-order valence-corrected chi connectivity index (χ4v) is 4.05. The summed E-state index contributed by atoms with van der Waals surface area (Å²) in [6.07, 6.45) is 4.78. The van der Waals surface area contributed by atoms with Crippen molar-refractivity contribution in [3.8, 4) is 11.6 Å². The number of rotatable bonds is 5. The number of carbonyl (C=O) groups excluding carboxylic acids is 1. The maximum atomic E-state index is 12.4. The Bertz CT molecular complexity index is 904. The molecule has 0 bridgehead atoms. The number of amides is 1. The van der Waals surface area contributed by atoms with Gasteiger partial charge in [0, 0.05) is 7.05 Å². The number of nitrogens with zero attached hydrogens (tertiary/aromatic N) is 3. The minimum absolute atomic E-state index is 0.0132. The lowest BCUT2D eigenvalue weighted by molar-refractivity contribution is -0.119. The minimum atomic E-state index is 0.0132. The third kappa shape index (κ3) is 3.39. The molecule has 0 saturated heterocycles. The Kier molecular flexibility index (Phi) is 4.79. The average Bonchev–Trinajstić information content (AvgIpc) is 3.30. The largest absolute Gasteiger partial charge is 0.461 e. The van der Waals surface area contributed by atoms with Crippen LogP contribution in [0, 0.1) is 0 Å². The van der Waals surface area contributed by atoms with Gasteiger partial charge in [-0.05, 0) is 42.5 Å². The molecular formula is C19H20N4O2S. The van der Waals surface area contributed by atoms with Crippen molar-refractivity contribution in [2.75, 3.05) is 5.75 Å². The zero-order valence-electron chi connectivity index (χ0n) is 14.5. The molecule has 1 amide bonds. The first kappa shape index (κ1) is 16.9. The van der Waals surface area contributed by atoms with E-state index in [0.717, 1.165) is 19.3 Å². The van der Waals surface area contributed by atoms with E-state index in [4.69, 9.17) is 4.42 Å². The van der Waals surface area contributed by atoms with Gasteiger partial charge in [-0.2, -0.15) is 0 Å². The summed E-state index contributed by atoms with van der Waals surface area (Å²) in [7, 11) is 1.87. The second-order valence-electron chi connectivity index (χ2n) is 6.34. The topological polar surface area (TPSA) is 73.0 Å². The number of hydrogen-bond acceptors (Lipinski definition) is 5. The fourth-order valence-electron chi connectivity index (χ4n) is 3.33. The van der Waals surface area contributed by atoms with Gasteiger partial charge in [0.15, 0.2) is 16.7 Å². The highest BCUT2D eigenvalue weighted by atomic mass is 32.2. The molecule has 26 heavy (non-hydrogen) atoms. The summed E-state index contributed by atoms with van der Waals surface area (Å²) >= 11 is 1.38. The predicted molar refractivity (Wildman–Crippen MR) is 99.7 cm³/mol. The van der Waals surface area contributed by atoms with Crippen LogP contribution in [0.5, 0.6) is 0 Å². The van der Waals surface area contributed by atoms with Crippen LogP contribution in [0.15, 0.2) is 52.2 Å². The Labute approximate surface area is 156 Å². The van der Waals surface area contributed by atoms with Crippen LogP contribution in [0.4, 0.5) is 0 Å². The molecule has 0 spiro atoms. The molecule has 2 heterocycles. The van der Waals surface area contributed by atoms with Gasteiger partial charge < -0.3 is 14.3 Å². The van der Waals surface area contributed by atoms with Gasteiger partial charge in [0.25, 0.3) is 0 Å². The van der Waals surface area contributed by atoms with Crippen LogP contribution in [-0.2, 0) is 18.3 Å². The summed E-state index contributed by atoms with van der Waals surface area (Å²) < 4.78 is 7.20. The van der Waals surface area contributed by atoms with Gasteiger partial charge in [-0.15, -0.1) is 10.2 Å². The van der Waals surface area contributed by atoms with Crippen LogP contribution < -0.4 is 5.32 Å². The van der Waals surface area contributed by atoms with Gasteiger partial charge >= 0.3 is 0 Å². The average molecular weight is 368 g/mol. The van der Waals surface area contributed by atoms with Gasteiger partial charge in [-0.25, -0.2) is 0 Å². The molecule has 1 aliphatic carbocycles. The van der Waals surface area contributed by atoms with E-state index in [9.17, 15) is 4.79 Å². The van der Waals surface area contributed by atoms with Crippen LogP contribution in [0.1, 0.15) is 30.0 Å². The second kappa shape index (κ2) is 7.37. The second-order valence-corrected chi connectivity index (χ2v) is 7.28. The number of carbonyl (C=O) groups is 1. The Hall–Kier alpha value is -2.54. The first-order valence-electron chi connectivity index (χ1n) is 8.65. The summed E-state index contributed by atoms with van der Waals surface area (Å²) in [6.45, 7) is 0. The maximum absolute atomic E-state index is 12.4.